The molecule has 1 saturated carbocycles. The van der Waals surface area contributed by atoms with Crippen LogP contribution in [0.5, 0.6) is 0 Å². The van der Waals surface area contributed by atoms with E-state index in [1.165, 1.54) is 35.1 Å². The van der Waals surface area contributed by atoms with Gasteiger partial charge in [0, 0.05) is 11.4 Å². The molecule has 0 amide bonds. The number of fused-ring (bicyclic) bond motifs is 2. The summed E-state index contributed by atoms with van der Waals surface area (Å²) in [6.45, 7) is 1.71. The third-order valence-electron chi connectivity index (χ3n) is 5.12. The molecule has 2 unspecified atom stereocenters. The van der Waals surface area contributed by atoms with Gasteiger partial charge in [0.05, 0.1) is 24.1 Å². The van der Waals surface area contributed by atoms with Gasteiger partial charge in [0.15, 0.2) is 0 Å². The van der Waals surface area contributed by atoms with Crippen molar-refractivity contribution in [2.45, 2.75) is 31.4 Å². The van der Waals surface area contributed by atoms with Crippen LogP contribution in [0.4, 0.5) is 5.82 Å². The molecule has 4 nitrogen and oxygen atoms in total. The van der Waals surface area contributed by atoms with Gasteiger partial charge in [0.2, 0.25) is 0 Å². The maximum absolute atomic E-state index is 5.96. The van der Waals surface area contributed by atoms with Crippen LogP contribution in [0.1, 0.15) is 19.3 Å². The predicted octanol–water partition coefficient (Wildman–Crippen LogP) is 4.12. The molecule has 1 saturated heterocycles. The second-order valence-electron chi connectivity index (χ2n) is 6.49. The number of anilines is 1. The van der Waals surface area contributed by atoms with Gasteiger partial charge in [-0.05, 0) is 30.9 Å². The third-order valence-corrected chi connectivity index (χ3v) is 6.21. The standard InChI is InChI=1S/C19H19N3OS/c1-2-5-13(6-3-1)17-11-14-18(20-12-21-19(14)24-17)22-9-10-23-16-8-4-7-15(16)22/h1-3,5-6,11-12,15-16H,4,7-10H2. The van der Waals surface area contributed by atoms with E-state index < -0.39 is 0 Å². The average Bonchev–Trinajstić information content (AvgIpc) is 3.28. The molecule has 3 heterocycles. The van der Waals surface area contributed by atoms with Crippen molar-refractivity contribution in [2.24, 2.45) is 0 Å². The van der Waals surface area contributed by atoms with Crippen LogP contribution < -0.4 is 4.90 Å². The minimum absolute atomic E-state index is 0.371. The Bertz CT molecular complexity index is 863. The van der Waals surface area contributed by atoms with E-state index in [2.05, 4.69) is 51.3 Å². The fourth-order valence-electron chi connectivity index (χ4n) is 4.01. The lowest BCUT2D eigenvalue weighted by Gasteiger charge is -2.38. The number of benzene rings is 1. The van der Waals surface area contributed by atoms with Crippen LogP contribution in [0.2, 0.25) is 0 Å². The first-order valence-corrected chi connectivity index (χ1v) is 9.40. The Morgan fingerprint density at radius 2 is 2.04 bits per heavy atom. The van der Waals surface area contributed by atoms with Gasteiger partial charge in [-0.15, -0.1) is 11.3 Å². The van der Waals surface area contributed by atoms with Crippen LogP contribution in [0.15, 0.2) is 42.7 Å². The normalized spacial score (nSPS) is 23.6. The molecule has 1 aliphatic heterocycles. The summed E-state index contributed by atoms with van der Waals surface area (Å²) in [6, 6.07) is 13.2. The zero-order chi connectivity index (χ0) is 15.9. The lowest BCUT2D eigenvalue weighted by molar-refractivity contribution is 0.0254. The first-order valence-electron chi connectivity index (χ1n) is 8.58. The second-order valence-corrected chi connectivity index (χ2v) is 7.52. The Morgan fingerprint density at radius 1 is 1.12 bits per heavy atom. The lowest BCUT2D eigenvalue weighted by atomic mass is 10.1. The minimum Gasteiger partial charge on any atom is -0.374 e. The molecular weight excluding hydrogens is 318 g/mol. The SMILES string of the molecule is c1ccc(-c2cc3c(N4CCOC5CCCC54)ncnc3s2)cc1. The Morgan fingerprint density at radius 3 is 2.96 bits per heavy atom. The van der Waals surface area contributed by atoms with Crippen LogP contribution in [-0.2, 0) is 4.74 Å². The summed E-state index contributed by atoms with van der Waals surface area (Å²) in [7, 11) is 0. The van der Waals surface area contributed by atoms with Crippen molar-refractivity contribution in [3.8, 4) is 10.4 Å². The molecule has 24 heavy (non-hydrogen) atoms. The van der Waals surface area contributed by atoms with E-state index in [4.69, 9.17) is 4.74 Å². The first-order chi connectivity index (χ1) is 11.9. The maximum Gasteiger partial charge on any atom is 0.141 e. The van der Waals surface area contributed by atoms with Crippen LogP contribution >= 0.6 is 11.3 Å². The van der Waals surface area contributed by atoms with E-state index in [0.29, 0.717) is 12.1 Å². The molecule has 5 rings (SSSR count). The highest BCUT2D eigenvalue weighted by molar-refractivity contribution is 7.21. The van der Waals surface area contributed by atoms with E-state index in [0.717, 1.165) is 23.8 Å². The molecule has 2 aliphatic rings. The summed E-state index contributed by atoms with van der Waals surface area (Å²) in [5.74, 6) is 1.08. The molecule has 1 aromatic carbocycles. The number of aromatic nitrogens is 2. The lowest BCUT2D eigenvalue weighted by Crippen LogP contribution is -2.49. The molecule has 0 N–H and O–H groups in total. The van der Waals surface area contributed by atoms with Gasteiger partial charge in [0.1, 0.15) is 17.0 Å². The van der Waals surface area contributed by atoms with E-state index in [1.807, 2.05) is 0 Å². The van der Waals surface area contributed by atoms with Gasteiger partial charge in [-0.3, -0.25) is 0 Å². The van der Waals surface area contributed by atoms with Crippen molar-refractivity contribution < 1.29 is 4.74 Å². The van der Waals surface area contributed by atoms with Gasteiger partial charge in [-0.25, -0.2) is 9.97 Å². The van der Waals surface area contributed by atoms with Gasteiger partial charge >= 0.3 is 0 Å². The summed E-state index contributed by atoms with van der Waals surface area (Å²) in [5, 5.41) is 1.17. The molecule has 0 spiro atoms. The molecule has 0 bridgehead atoms. The Kier molecular flexibility index (Phi) is 3.49. The number of hydrogen-bond donors (Lipinski definition) is 0. The van der Waals surface area contributed by atoms with Crippen molar-refractivity contribution in [1.82, 2.24) is 9.97 Å². The number of ether oxygens (including phenoxy) is 1. The summed E-state index contributed by atoms with van der Waals surface area (Å²) in [4.78, 5) is 14.0. The third kappa shape index (κ3) is 2.31. The number of hydrogen-bond acceptors (Lipinski definition) is 5. The van der Waals surface area contributed by atoms with Gasteiger partial charge in [0.25, 0.3) is 0 Å². The highest BCUT2D eigenvalue weighted by atomic mass is 32.1. The van der Waals surface area contributed by atoms with Crippen molar-refractivity contribution in [3.05, 3.63) is 42.7 Å². The Hall–Kier alpha value is -1.98. The molecule has 122 valence electrons. The average molecular weight is 337 g/mol. The van der Waals surface area contributed by atoms with Crippen molar-refractivity contribution >= 4 is 27.4 Å². The second kappa shape index (κ2) is 5.83. The van der Waals surface area contributed by atoms with E-state index in [-0.39, 0.29) is 0 Å². The number of thiophene rings is 1. The Labute approximate surface area is 145 Å². The largest absolute Gasteiger partial charge is 0.374 e. The van der Waals surface area contributed by atoms with E-state index >= 15 is 0 Å². The molecule has 2 fully saturated rings. The van der Waals surface area contributed by atoms with E-state index in [9.17, 15) is 0 Å². The molecule has 1 aliphatic carbocycles. The van der Waals surface area contributed by atoms with Crippen LogP contribution in [0, 0.1) is 0 Å². The monoisotopic (exact) mass is 337 g/mol. The van der Waals surface area contributed by atoms with Crippen LogP contribution in [0.3, 0.4) is 0 Å². The van der Waals surface area contributed by atoms with Crippen molar-refractivity contribution in [2.75, 3.05) is 18.1 Å². The minimum atomic E-state index is 0.371. The fraction of sp³-hybridized carbons (Fsp3) is 0.368. The van der Waals surface area contributed by atoms with Gasteiger partial charge in [-0.1, -0.05) is 30.3 Å². The summed E-state index contributed by atoms with van der Waals surface area (Å²) in [6.07, 6.45) is 5.71. The smallest absolute Gasteiger partial charge is 0.141 e. The molecule has 2 atom stereocenters. The zero-order valence-electron chi connectivity index (χ0n) is 13.4. The molecule has 0 radical (unpaired) electrons. The van der Waals surface area contributed by atoms with E-state index in [1.54, 1.807) is 17.7 Å². The summed E-state index contributed by atoms with van der Waals surface area (Å²) in [5.41, 5.74) is 1.24. The first kappa shape index (κ1) is 14.4. The molecular formula is C19H19N3OS. The zero-order valence-corrected chi connectivity index (χ0v) is 14.2. The quantitative estimate of drug-likeness (QED) is 0.705. The van der Waals surface area contributed by atoms with Crippen molar-refractivity contribution in [3.63, 3.8) is 0 Å². The summed E-state index contributed by atoms with van der Waals surface area (Å²) >= 11 is 1.74. The highest BCUT2D eigenvalue weighted by Crippen LogP contribution is 2.39. The van der Waals surface area contributed by atoms with Gasteiger partial charge in [-0.2, -0.15) is 0 Å². The highest BCUT2D eigenvalue weighted by Gasteiger charge is 2.37. The predicted molar refractivity (Wildman–Crippen MR) is 97.6 cm³/mol. The van der Waals surface area contributed by atoms with Gasteiger partial charge < -0.3 is 9.64 Å². The van der Waals surface area contributed by atoms with Crippen molar-refractivity contribution in [1.29, 1.82) is 0 Å². The topological polar surface area (TPSA) is 38.2 Å². The summed E-state index contributed by atoms with van der Waals surface area (Å²) < 4.78 is 5.96. The van der Waals surface area contributed by atoms with Crippen LogP contribution in [-0.4, -0.2) is 35.3 Å². The number of morpholine rings is 1. The number of rotatable bonds is 2. The molecule has 5 heteroatoms. The molecule has 3 aromatic rings. The maximum atomic E-state index is 5.96. The van der Waals surface area contributed by atoms with Crippen LogP contribution in [0.25, 0.3) is 20.7 Å². The Balaban J connectivity index is 1.60. The fourth-order valence-corrected chi connectivity index (χ4v) is 5.00. The molecule has 2 aromatic heterocycles. The number of nitrogens with zero attached hydrogens (tertiary/aromatic N) is 3.